The Morgan fingerprint density at radius 1 is 1.12 bits per heavy atom. The van der Waals surface area contributed by atoms with Crippen molar-refractivity contribution in [2.24, 2.45) is 0 Å². The van der Waals surface area contributed by atoms with Gasteiger partial charge in [-0.05, 0) is 36.5 Å². The van der Waals surface area contributed by atoms with E-state index in [1.165, 1.54) is 11.1 Å². The van der Waals surface area contributed by atoms with Crippen LogP contribution >= 0.6 is 0 Å². The minimum atomic E-state index is -0.169. The fraction of sp³-hybridized carbons (Fsp3) is 0.500. The third kappa shape index (κ3) is 3.21. The molecule has 1 aromatic carbocycles. The topological polar surface area (TPSA) is 41.4 Å². The van der Waals surface area contributed by atoms with Gasteiger partial charge in [0.05, 0.1) is 0 Å². The maximum absolute atomic E-state index is 12.9. The van der Waals surface area contributed by atoms with Crippen LogP contribution in [0.3, 0.4) is 0 Å². The lowest BCUT2D eigenvalue weighted by molar-refractivity contribution is -0.137. The van der Waals surface area contributed by atoms with Crippen molar-refractivity contribution in [3.63, 3.8) is 0 Å². The second-order valence-electron chi connectivity index (χ2n) is 7.10. The van der Waals surface area contributed by atoms with E-state index in [2.05, 4.69) is 41.2 Å². The van der Waals surface area contributed by atoms with Crippen LogP contribution in [0.5, 0.6) is 0 Å². The first-order valence-electron chi connectivity index (χ1n) is 9.35. The summed E-state index contributed by atoms with van der Waals surface area (Å²) in [4.78, 5) is 17.5. The lowest BCUT2D eigenvalue weighted by Crippen LogP contribution is -2.53. The lowest BCUT2D eigenvalue weighted by Gasteiger charge is -2.39. The van der Waals surface area contributed by atoms with Crippen LogP contribution < -0.4 is 0 Å². The number of hydrogen-bond donors (Lipinski definition) is 0. The van der Waals surface area contributed by atoms with Gasteiger partial charge in [0, 0.05) is 44.6 Å². The van der Waals surface area contributed by atoms with Crippen LogP contribution in [0.25, 0.3) is 0 Å². The monoisotopic (exact) mass is 338 g/mol. The molecule has 1 aliphatic carbocycles. The van der Waals surface area contributed by atoms with Crippen molar-refractivity contribution in [2.45, 2.75) is 38.3 Å². The Morgan fingerprint density at radius 3 is 2.36 bits per heavy atom. The fourth-order valence-corrected chi connectivity index (χ4v) is 4.25. The summed E-state index contributed by atoms with van der Waals surface area (Å²) < 4.78 is 1.79. The molecule has 0 radical (unpaired) electrons. The predicted molar refractivity (Wildman–Crippen MR) is 97.3 cm³/mol. The molecule has 2 aromatic rings. The van der Waals surface area contributed by atoms with Crippen LogP contribution in [-0.4, -0.2) is 57.7 Å². The molecule has 1 amide bonds. The number of fused-ring (bicyclic) bond motifs is 1. The Hall–Kier alpha value is -2.14. The highest BCUT2D eigenvalue weighted by atomic mass is 16.2. The summed E-state index contributed by atoms with van der Waals surface area (Å²) in [5.74, 6) is 0.209. The van der Waals surface area contributed by atoms with E-state index in [-0.39, 0.29) is 11.9 Å². The predicted octanol–water partition coefficient (Wildman–Crippen LogP) is 2.15. The maximum Gasteiger partial charge on any atom is 0.247 e. The standard InChI is InChI=1S/C20H26N4O/c1-2-19(24-9-5-8-21-24)20(25)23-12-10-22(11-13-23)18-14-16-6-3-4-7-17(16)15-18/h3-9,18-19H,2,10-15H2,1H3/t19-/m0/s1. The molecule has 5 nitrogen and oxygen atoms in total. The Kier molecular flexibility index (Phi) is 4.57. The molecule has 0 bridgehead atoms. The van der Waals surface area contributed by atoms with Gasteiger partial charge in [-0.3, -0.25) is 14.4 Å². The molecule has 1 aliphatic heterocycles. The van der Waals surface area contributed by atoms with Crippen molar-refractivity contribution in [1.82, 2.24) is 19.6 Å². The number of rotatable bonds is 4. The van der Waals surface area contributed by atoms with Gasteiger partial charge in [-0.2, -0.15) is 5.10 Å². The number of carbonyl (C=O) groups is 1. The zero-order valence-corrected chi connectivity index (χ0v) is 14.8. The third-order valence-electron chi connectivity index (χ3n) is 5.69. The molecule has 1 fully saturated rings. The maximum atomic E-state index is 12.9. The molecule has 0 saturated carbocycles. The normalized spacial score (nSPS) is 19.8. The van der Waals surface area contributed by atoms with Crippen LogP contribution in [0.2, 0.25) is 0 Å². The highest BCUT2D eigenvalue weighted by Crippen LogP contribution is 2.26. The number of benzene rings is 1. The summed E-state index contributed by atoms with van der Waals surface area (Å²) in [7, 11) is 0. The van der Waals surface area contributed by atoms with Gasteiger partial charge in [0.1, 0.15) is 6.04 Å². The molecule has 0 N–H and O–H groups in total. The Bertz CT molecular complexity index is 694. The number of piperazine rings is 1. The van der Waals surface area contributed by atoms with Gasteiger partial charge in [-0.1, -0.05) is 31.2 Å². The van der Waals surface area contributed by atoms with E-state index in [9.17, 15) is 4.79 Å². The van der Waals surface area contributed by atoms with Crippen molar-refractivity contribution < 1.29 is 4.79 Å². The average Bonchev–Trinajstić information content (AvgIpc) is 3.32. The summed E-state index contributed by atoms with van der Waals surface area (Å²) in [5, 5.41) is 4.26. The second kappa shape index (κ2) is 7.00. The first-order chi connectivity index (χ1) is 12.3. The molecular weight excluding hydrogens is 312 g/mol. The molecule has 1 aromatic heterocycles. The van der Waals surface area contributed by atoms with Crippen LogP contribution in [0.15, 0.2) is 42.7 Å². The number of carbonyl (C=O) groups excluding carboxylic acids is 1. The first kappa shape index (κ1) is 16.3. The van der Waals surface area contributed by atoms with Crippen LogP contribution in [-0.2, 0) is 17.6 Å². The average molecular weight is 338 g/mol. The number of amides is 1. The molecular formula is C20H26N4O. The van der Waals surface area contributed by atoms with E-state index >= 15 is 0 Å². The summed E-state index contributed by atoms with van der Waals surface area (Å²) in [6.45, 7) is 5.64. The molecule has 2 heterocycles. The highest BCUT2D eigenvalue weighted by Gasteiger charge is 2.32. The Morgan fingerprint density at radius 2 is 1.80 bits per heavy atom. The van der Waals surface area contributed by atoms with Crippen LogP contribution in [0.1, 0.15) is 30.5 Å². The van der Waals surface area contributed by atoms with Gasteiger partial charge in [0.2, 0.25) is 5.91 Å². The van der Waals surface area contributed by atoms with E-state index in [1.807, 2.05) is 17.2 Å². The molecule has 0 spiro atoms. The van der Waals surface area contributed by atoms with Crippen LogP contribution in [0, 0.1) is 0 Å². The molecule has 4 rings (SSSR count). The van der Waals surface area contributed by atoms with E-state index < -0.39 is 0 Å². The van der Waals surface area contributed by atoms with Gasteiger partial charge < -0.3 is 4.90 Å². The molecule has 1 atom stereocenters. The number of aromatic nitrogens is 2. The Labute approximate surface area is 149 Å². The Balaban J connectivity index is 1.35. The summed E-state index contributed by atoms with van der Waals surface area (Å²) in [5.41, 5.74) is 2.99. The van der Waals surface area contributed by atoms with Gasteiger partial charge in [-0.15, -0.1) is 0 Å². The zero-order chi connectivity index (χ0) is 17.2. The number of nitrogens with zero attached hydrogens (tertiary/aromatic N) is 4. The van der Waals surface area contributed by atoms with Crippen molar-refractivity contribution in [3.8, 4) is 0 Å². The minimum Gasteiger partial charge on any atom is -0.338 e. The minimum absolute atomic E-state index is 0.169. The van der Waals surface area contributed by atoms with Gasteiger partial charge in [-0.25, -0.2) is 0 Å². The van der Waals surface area contributed by atoms with E-state index in [0.29, 0.717) is 6.04 Å². The lowest BCUT2D eigenvalue weighted by atomic mass is 10.1. The first-order valence-corrected chi connectivity index (χ1v) is 9.35. The van der Waals surface area contributed by atoms with Crippen LogP contribution in [0.4, 0.5) is 0 Å². The molecule has 0 unspecified atom stereocenters. The van der Waals surface area contributed by atoms with Crippen molar-refractivity contribution >= 4 is 5.91 Å². The number of hydrogen-bond acceptors (Lipinski definition) is 3. The molecule has 25 heavy (non-hydrogen) atoms. The van der Waals surface area contributed by atoms with Gasteiger partial charge in [0.15, 0.2) is 0 Å². The van der Waals surface area contributed by atoms with Crippen molar-refractivity contribution in [3.05, 3.63) is 53.9 Å². The zero-order valence-electron chi connectivity index (χ0n) is 14.8. The fourth-order valence-electron chi connectivity index (χ4n) is 4.25. The summed E-state index contributed by atoms with van der Waals surface area (Å²) in [6.07, 6.45) is 6.70. The molecule has 2 aliphatic rings. The smallest absolute Gasteiger partial charge is 0.247 e. The molecule has 5 heteroatoms. The quantitative estimate of drug-likeness (QED) is 0.858. The van der Waals surface area contributed by atoms with E-state index in [1.54, 1.807) is 10.9 Å². The largest absolute Gasteiger partial charge is 0.338 e. The highest BCUT2D eigenvalue weighted by molar-refractivity contribution is 5.80. The third-order valence-corrected chi connectivity index (χ3v) is 5.69. The van der Waals surface area contributed by atoms with E-state index in [4.69, 9.17) is 0 Å². The summed E-state index contributed by atoms with van der Waals surface area (Å²) in [6, 6.07) is 11.1. The SMILES string of the molecule is CC[C@@H](C(=O)N1CCN(C2Cc3ccccc3C2)CC1)n1cccn1. The van der Waals surface area contributed by atoms with Crippen molar-refractivity contribution in [1.29, 1.82) is 0 Å². The van der Waals surface area contributed by atoms with E-state index in [0.717, 1.165) is 45.4 Å². The van der Waals surface area contributed by atoms with Gasteiger partial charge >= 0.3 is 0 Å². The van der Waals surface area contributed by atoms with Gasteiger partial charge in [0.25, 0.3) is 0 Å². The molecule has 1 saturated heterocycles. The second-order valence-corrected chi connectivity index (χ2v) is 7.10. The molecule has 132 valence electrons. The van der Waals surface area contributed by atoms with Crippen molar-refractivity contribution in [2.75, 3.05) is 26.2 Å². The summed E-state index contributed by atoms with van der Waals surface area (Å²) >= 11 is 0.